The second-order valence-corrected chi connectivity index (χ2v) is 5.15. The van der Waals surface area contributed by atoms with Crippen LogP contribution in [0.2, 0.25) is 0 Å². The Morgan fingerprint density at radius 3 is 2.94 bits per heavy atom. The first-order chi connectivity index (χ1) is 8.19. The highest BCUT2D eigenvalue weighted by Crippen LogP contribution is 2.12. The summed E-state index contributed by atoms with van der Waals surface area (Å²) in [6.45, 7) is 4.66. The van der Waals surface area contributed by atoms with Gasteiger partial charge in [-0.1, -0.05) is 19.1 Å². The summed E-state index contributed by atoms with van der Waals surface area (Å²) in [5, 5.41) is 12.0. The Labute approximate surface area is 106 Å². The van der Waals surface area contributed by atoms with Gasteiger partial charge in [0, 0.05) is 23.9 Å². The Morgan fingerprint density at radius 1 is 1.53 bits per heavy atom. The summed E-state index contributed by atoms with van der Waals surface area (Å²) in [6.07, 6.45) is 0. The molecule has 92 valence electrons. The van der Waals surface area contributed by atoms with Crippen LogP contribution in [0.3, 0.4) is 0 Å². The van der Waals surface area contributed by atoms with Gasteiger partial charge in [-0.25, -0.2) is 4.39 Å². The molecule has 1 unspecified atom stereocenters. The average Bonchev–Trinajstić information content (AvgIpc) is 2.35. The first-order valence-electron chi connectivity index (χ1n) is 5.67. The molecule has 0 aliphatic heterocycles. The van der Waals surface area contributed by atoms with Crippen molar-refractivity contribution >= 4 is 11.8 Å². The van der Waals surface area contributed by atoms with Crippen molar-refractivity contribution in [1.82, 2.24) is 5.32 Å². The predicted octanol–water partition coefficient (Wildman–Crippen LogP) is 2.93. The molecule has 0 radical (unpaired) electrons. The summed E-state index contributed by atoms with van der Waals surface area (Å²) in [5.41, 5.74) is 0.664. The zero-order valence-corrected chi connectivity index (χ0v) is 11.0. The standard InChI is InChI=1S/C13H17FN2S/c1-3-17-9-10(2)16-8-12-6-4-5-11(7-15)13(12)14/h4-6,10,16H,3,8-9H2,1-2H3. The molecule has 0 amide bonds. The fourth-order valence-electron chi connectivity index (χ4n) is 1.44. The number of hydrogen-bond donors (Lipinski definition) is 1. The van der Waals surface area contributed by atoms with Gasteiger partial charge in [-0.2, -0.15) is 17.0 Å². The maximum Gasteiger partial charge on any atom is 0.145 e. The van der Waals surface area contributed by atoms with Gasteiger partial charge < -0.3 is 5.32 Å². The molecule has 0 bridgehead atoms. The first-order valence-corrected chi connectivity index (χ1v) is 6.83. The lowest BCUT2D eigenvalue weighted by atomic mass is 10.1. The average molecular weight is 252 g/mol. The lowest BCUT2D eigenvalue weighted by Crippen LogP contribution is -2.28. The Hall–Kier alpha value is -1.05. The topological polar surface area (TPSA) is 35.8 Å². The third-order valence-corrected chi connectivity index (χ3v) is 3.56. The minimum absolute atomic E-state index is 0.111. The fourth-order valence-corrected chi connectivity index (χ4v) is 2.15. The van der Waals surface area contributed by atoms with Crippen LogP contribution in [0.25, 0.3) is 0 Å². The van der Waals surface area contributed by atoms with Crippen molar-refractivity contribution in [2.75, 3.05) is 11.5 Å². The molecule has 0 aliphatic rings. The lowest BCUT2D eigenvalue weighted by Gasteiger charge is -2.13. The van der Waals surface area contributed by atoms with Gasteiger partial charge in [-0.3, -0.25) is 0 Å². The summed E-state index contributed by atoms with van der Waals surface area (Å²) in [7, 11) is 0. The van der Waals surface area contributed by atoms with E-state index in [-0.39, 0.29) is 5.56 Å². The number of thioether (sulfide) groups is 1. The smallest absolute Gasteiger partial charge is 0.145 e. The molecule has 1 aromatic rings. The number of nitriles is 1. The maximum absolute atomic E-state index is 13.7. The van der Waals surface area contributed by atoms with Gasteiger partial charge in [-0.15, -0.1) is 0 Å². The predicted molar refractivity (Wildman–Crippen MR) is 70.4 cm³/mol. The zero-order chi connectivity index (χ0) is 12.7. The van der Waals surface area contributed by atoms with Crippen LogP contribution in [0.4, 0.5) is 4.39 Å². The van der Waals surface area contributed by atoms with Crippen molar-refractivity contribution in [3.63, 3.8) is 0 Å². The highest BCUT2D eigenvalue weighted by atomic mass is 32.2. The van der Waals surface area contributed by atoms with Gasteiger partial charge in [-0.05, 0) is 18.7 Å². The SMILES string of the molecule is CCSCC(C)NCc1cccc(C#N)c1F. The molecule has 0 aromatic heterocycles. The molecule has 4 heteroatoms. The molecule has 2 nitrogen and oxygen atoms in total. The van der Waals surface area contributed by atoms with E-state index in [2.05, 4.69) is 19.2 Å². The van der Waals surface area contributed by atoms with Gasteiger partial charge in [0.15, 0.2) is 0 Å². The molecule has 1 N–H and O–H groups in total. The first kappa shape index (κ1) is 14.0. The van der Waals surface area contributed by atoms with Gasteiger partial charge in [0.1, 0.15) is 11.9 Å². The number of nitrogens with zero attached hydrogens (tertiary/aromatic N) is 1. The van der Waals surface area contributed by atoms with E-state index in [0.29, 0.717) is 18.2 Å². The lowest BCUT2D eigenvalue weighted by molar-refractivity contribution is 0.555. The summed E-state index contributed by atoms with van der Waals surface area (Å²) < 4.78 is 13.7. The number of benzene rings is 1. The normalized spacial score (nSPS) is 12.1. The molecule has 0 saturated carbocycles. The summed E-state index contributed by atoms with van der Waals surface area (Å²) in [4.78, 5) is 0. The van der Waals surface area contributed by atoms with Crippen LogP contribution in [-0.4, -0.2) is 17.5 Å². The van der Waals surface area contributed by atoms with Crippen molar-refractivity contribution in [2.45, 2.75) is 26.4 Å². The van der Waals surface area contributed by atoms with Crippen LogP contribution in [0.5, 0.6) is 0 Å². The summed E-state index contributed by atoms with van der Waals surface area (Å²) in [5.74, 6) is 1.69. The Bertz CT molecular complexity index is 401. The third kappa shape index (κ3) is 4.37. The number of halogens is 1. The highest BCUT2D eigenvalue weighted by Gasteiger charge is 2.08. The molecule has 0 aliphatic carbocycles. The molecule has 0 heterocycles. The number of nitrogens with one attached hydrogen (secondary N) is 1. The van der Waals surface area contributed by atoms with Gasteiger partial charge >= 0.3 is 0 Å². The van der Waals surface area contributed by atoms with Crippen molar-refractivity contribution in [1.29, 1.82) is 5.26 Å². The molecule has 0 spiro atoms. The van der Waals surface area contributed by atoms with Crippen LogP contribution in [0.1, 0.15) is 25.0 Å². The summed E-state index contributed by atoms with van der Waals surface area (Å²) >= 11 is 1.85. The largest absolute Gasteiger partial charge is 0.309 e. The van der Waals surface area contributed by atoms with Crippen LogP contribution in [0.15, 0.2) is 18.2 Å². The fraction of sp³-hybridized carbons (Fsp3) is 0.462. The second kappa shape index (κ2) is 7.31. The van der Waals surface area contributed by atoms with Gasteiger partial charge in [0.25, 0.3) is 0 Å². The minimum Gasteiger partial charge on any atom is -0.309 e. The molecular weight excluding hydrogens is 235 g/mol. The number of rotatable bonds is 6. The summed E-state index contributed by atoms with van der Waals surface area (Å²) in [6, 6.07) is 7.11. The van der Waals surface area contributed by atoms with Crippen LogP contribution < -0.4 is 5.32 Å². The van der Waals surface area contributed by atoms with E-state index < -0.39 is 5.82 Å². The molecule has 1 aromatic carbocycles. The molecule has 0 saturated heterocycles. The molecule has 1 atom stereocenters. The van der Waals surface area contributed by atoms with Crippen LogP contribution >= 0.6 is 11.8 Å². The highest BCUT2D eigenvalue weighted by molar-refractivity contribution is 7.99. The van der Waals surface area contributed by atoms with Gasteiger partial charge in [0.05, 0.1) is 5.56 Å². The molecule has 17 heavy (non-hydrogen) atoms. The van der Waals surface area contributed by atoms with Crippen molar-refractivity contribution in [2.24, 2.45) is 0 Å². The second-order valence-electron chi connectivity index (χ2n) is 3.83. The Morgan fingerprint density at radius 2 is 2.29 bits per heavy atom. The van der Waals surface area contributed by atoms with Crippen molar-refractivity contribution in [3.8, 4) is 6.07 Å². The van der Waals surface area contributed by atoms with E-state index in [1.807, 2.05) is 17.8 Å². The Kier molecular flexibility index (Phi) is 6.03. The van der Waals surface area contributed by atoms with Crippen molar-refractivity contribution in [3.05, 3.63) is 35.1 Å². The minimum atomic E-state index is -0.405. The zero-order valence-electron chi connectivity index (χ0n) is 10.2. The van der Waals surface area contributed by atoms with Crippen molar-refractivity contribution < 1.29 is 4.39 Å². The van der Waals surface area contributed by atoms with Gasteiger partial charge in [0.2, 0.25) is 0 Å². The maximum atomic E-state index is 13.7. The van der Waals surface area contributed by atoms with E-state index in [9.17, 15) is 4.39 Å². The molecular formula is C13H17FN2S. The molecule has 0 fully saturated rings. The third-order valence-electron chi connectivity index (χ3n) is 2.41. The monoisotopic (exact) mass is 252 g/mol. The quantitative estimate of drug-likeness (QED) is 0.845. The van der Waals surface area contributed by atoms with Crippen LogP contribution in [-0.2, 0) is 6.54 Å². The van der Waals surface area contributed by atoms with Crippen LogP contribution in [0, 0.1) is 17.1 Å². The van der Waals surface area contributed by atoms with E-state index >= 15 is 0 Å². The van der Waals surface area contributed by atoms with E-state index in [4.69, 9.17) is 5.26 Å². The number of hydrogen-bond acceptors (Lipinski definition) is 3. The van der Waals surface area contributed by atoms with E-state index in [1.165, 1.54) is 6.07 Å². The molecule has 1 rings (SSSR count). The Balaban J connectivity index is 2.55. The van der Waals surface area contributed by atoms with E-state index in [0.717, 1.165) is 11.5 Å². The van der Waals surface area contributed by atoms with E-state index in [1.54, 1.807) is 12.1 Å².